The van der Waals surface area contributed by atoms with Crippen LogP contribution in [-0.2, 0) is 0 Å². The van der Waals surface area contributed by atoms with Crippen LogP contribution in [0.3, 0.4) is 0 Å². The normalized spacial score (nSPS) is 14.5. The molecule has 3 aromatic rings. The van der Waals surface area contributed by atoms with Crippen molar-refractivity contribution in [2.45, 2.75) is 20.8 Å². The molecule has 5 nitrogen and oxygen atoms in total. The van der Waals surface area contributed by atoms with Crippen LogP contribution in [0.25, 0.3) is 11.0 Å². The molecule has 0 spiro atoms. The van der Waals surface area contributed by atoms with E-state index in [0.29, 0.717) is 31.9 Å². The van der Waals surface area contributed by atoms with Crippen molar-refractivity contribution in [3.63, 3.8) is 0 Å². The lowest BCUT2D eigenvalue weighted by atomic mass is 10.0. The largest absolute Gasteiger partial charge is 0.450 e. The summed E-state index contributed by atoms with van der Waals surface area (Å²) < 4.78 is 19.9. The number of amides is 2. The molecule has 6 heteroatoms. The maximum Gasteiger partial charge on any atom is 0.290 e. The molecule has 4 rings (SSSR count). The zero-order valence-corrected chi connectivity index (χ0v) is 16.8. The van der Waals surface area contributed by atoms with Crippen molar-refractivity contribution < 1.29 is 18.4 Å². The highest BCUT2D eigenvalue weighted by molar-refractivity contribution is 6.01. The number of aryl methyl sites for hydroxylation is 3. The summed E-state index contributed by atoms with van der Waals surface area (Å²) in [5.74, 6) is -0.692. The summed E-state index contributed by atoms with van der Waals surface area (Å²) >= 11 is 0. The van der Waals surface area contributed by atoms with Gasteiger partial charge in [0.15, 0.2) is 5.76 Å². The molecule has 2 amide bonds. The van der Waals surface area contributed by atoms with Crippen LogP contribution in [0.15, 0.2) is 40.8 Å². The van der Waals surface area contributed by atoms with E-state index in [0.717, 1.165) is 27.7 Å². The molecule has 2 heterocycles. The average molecular weight is 394 g/mol. The Labute approximate surface area is 168 Å². The maximum absolute atomic E-state index is 13.9. The van der Waals surface area contributed by atoms with Gasteiger partial charge in [-0.25, -0.2) is 4.39 Å². The summed E-state index contributed by atoms with van der Waals surface area (Å²) in [6.45, 7) is 7.36. The molecule has 1 fully saturated rings. The van der Waals surface area contributed by atoms with Crippen molar-refractivity contribution >= 4 is 22.8 Å². The summed E-state index contributed by atoms with van der Waals surface area (Å²) in [5, 5.41) is 0.988. The van der Waals surface area contributed by atoms with Crippen LogP contribution in [-0.4, -0.2) is 47.8 Å². The van der Waals surface area contributed by atoms with Crippen molar-refractivity contribution in [1.29, 1.82) is 0 Å². The molecular formula is C23H23FN2O3. The van der Waals surface area contributed by atoms with Crippen molar-refractivity contribution in [1.82, 2.24) is 9.80 Å². The third-order valence-corrected chi connectivity index (χ3v) is 5.64. The van der Waals surface area contributed by atoms with E-state index < -0.39 is 5.82 Å². The topological polar surface area (TPSA) is 53.8 Å². The van der Waals surface area contributed by atoms with E-state index in [1.54, 1.807) is 21.9 Å². The minimum atomic E-state index is -0.528. The lowest BCUT2D eigenvalue weighted by Crippen LogP contribution is -2.50. The van der Waals surface area contributed by atoms with Gasteiger partial charge in [-0.1, -0.05) is 24.3 Å². The van der Waals surface area contributed by atoms with Crippen molar-refractivity contribution in [2.24, 2.45) is 0 Å². The number of furan rings is 1. The second-order valence-electron chi connectivity index (χ2n) is 7.52. The van der Waals surface area contributed by atoms with Gasteiger partial charge in [0.05, 0.1) is 5.56 Å². The van der Waals surface area contributed by atoms with Crippen molar-refractivity contribution in [2.75, 3.05) is 26.2 Å². The van der Waals surface area contributed by atoms with E-state index in [4.69, 9.17) is 4.42 Å². The number of carbonyl (C=O) groups is 2. The molecule has 0 unspecified atom stereocenters. The van der Waals surface area contributed by atoms with E-state index in [9.17, 15) is 14.0 Å². The highest BCUT2D eigenvalue weighted by Crippen LogP contribution is 2.31. The SMILES string of the molecule is Cc1ccc(C)c2c(C)c(C(=O)N3CCN(C(=O)c4ccccc4F)CC3)oc12. The first kappa shape index (κ1) is 19.2. The Morgan fingerprint density at radius 3 is 2.07 bits per heavy atom. The van der Waals surface area contributed by atoms with Crippen LogP contribution in [0.1, 0.15) is 37.6 Å². The predicted molar refractivity (Wildman–Crippen MR) is 109 cm³/mol. The number of hydrogen-bond acceptors (Lipinski definition) is 3. The molecular weight excluding hydrogens is 371 g/mol. The molecule has 1 aliphatic rings. The average Bonchev–Trinajstić information content (AvgIpc) is 3.09. The summed E-state index contributed by atoms with van der Waals surface area (Å²) in [4.78, 5) is 28.9. The van der Waals surface area contributed by atoms with Crippen LogP contribution in [0.5, 0.6) is 0 Å². The Bertz CT molecular complexity index is 1110. The molecule has 1 aliphatic heterocycles. The zero-order chi connectivity index (χ0) is 20.7. The number of fused-ring (bicyclic) bond motifs is 1. The summed E-state index contributed by atoms with van der Waals surface area (Å²) in [6, 6.07) is 9.98. The standard InChI is InChI=1S/C23H23FN2O3/c1-14-8-9-15(2)20-19(14)16(3)21(29-20)23(28)26-12-10-25(11-13-26)22(27)17-6-4-5-7-18(17)24/h4-9H,10-13H2,1-3H3. The molecule has 0 aliphatic carbocycles. The minimum absolute atomic E-state index is 0.0614. The monoisotopic (exact) mass is 394 g/mol. The van der Waals surface area contributed by atoms with Crippen LogP contribution in [0.4, 0.5) is 4.39 Å². The molecule has 0 radical (unpaired) electrons. The number of carbonyl (C=O) groups excluding carboxylic acids is 2. The third-order valence-electron chi connectivity index (χ3n) is 5.64. The van der Waals surface area contributed by atoms with Gasteiger partial charge in [0.1, 0.15) is 11.4 Å². The Balaban J connectivity index is 1.51. The third kappa shape index (κ3) is 3.28. The second-order valence-corrected chi connectivity index (χ2v) is 7.52. The van der Waals surface area contributed by atoms with Gasteiger partial charge in [-0.2, -0.15) is 0 Å². The fraction of sp³-hybridized carbons (Fsp3) is 0.304. The Hall–Kier alpha value is -3.15. The molecule has 0 N–H and O–H groups in total. The molecule has 150 valence electrons. The van der Waals surface area contributed by atoms with Crippen LogP contribution >= 0.6 is 0 Å². The fourth-order valence-electron chi connectivity index (χ4n) is 3.94. The number of benzene rings is 2. The summed E-state index contributed by atoms with van der Waals surface area (Å²) in [6.07, 6.45) is 0. The van der Waals surface area contributed by atoms with E-state index in [2.05, 4.69) is 0 Å². The molecule has 0 atom stereocenters. The molecule has 0 saturated carbocycles. The molecule has 29 heavy (non-hydrogen) atoms. The van der Waals surface area contributed by atoms with Gasteiger partial charge in [0.2, 0.25) is 0 Å². The minimum Gasteiger partial charge on any atom is -0.450 e. The van der Waals surface area contributed by atoms with Gasteiger partial charge in [0, 0.05) is 37.1 Å². The fourth-order valence-corrected chi connectivity index (χ4v) is 3.94. The van der Waals surface area contributed by atoms with Crippen LogP contribution in [0, 0.1) is 26.6 Å². The smallest absolute Gasteiger partial charge is 0.290 e. The number of piperazine rings is 1. The predicted octanol–water partition coefficient (Wildman–Crippen LogP) is 4.10. The molecule has 1 aromatic heterocycles. The molecule has 2 aromatic carbocycles. The Morgan fingerprint density at radius 1 is 0.862 bits per heavy atom. The molecule has 0 bridgehead atoms. The first-order chi connectivity index (χ1) is 13.9. The number of hydrogen-bond donors (Lipinski definition) is 0. The van der Waals surface area contributed by atoms with E-state index >= 15 is 0 Å². The summed E-state index contributed by atoms with van der Waals surface area (Å²) in [7, 11) is 0. The van der Waals surface area contributed by atoms with Gasteiger partial charge in [-0.05, 0) is 44.0 Å². The maximum atomic E-state index is 13.9. The number of halogens is 1. The lowest BCUT2D eigenvalue weighted by Gasteiger charge is -2.34. The van der Waals surface area contributed by atoms with Crippen LogP contribution < -0.4 is 0 Å². The van der Waals surface area contributed by atoms with Gasteiger partial charge >= 0.3 is 0 Å². The summed E-state index contributed by atoms with van der Waals surface area (Å²) in [5.41, 5.74) is 3.72. The van der Waals surface area contributed by atoms with E-state index in [1.165, 1.54) is 12.1 Å². The Kier molecular flexibility index (Phi) is 4.86. The second kappa shape index (κ2) is 7.35. The first-order valence-electron chi connectivity index (χ1n) is 9.71. The van der Waals surface area contributed by atoms with Crippen molar-refractivity contribution in [3.05, 3.63) is 70.2 Å². The highest BCUT2D eigenvalue weighted by atomic mass is 19.1. The number of nitrogens with zero attached hydrogens (tertiary/aromatic N) is 2. The van der Waals surface area contributed by atoms with Crippen LogP contribution in [0.2, 0.25) is 0 Å². The van der Waals surface area contributed by atoms with Gasteiger partial charge in [0.25, 0.3) is 11.8 Å². The quantitative estimate of drug-likeness (QED) is 0.658. The first-order valence-corrected chi connectivity index (χ1v) is 9.71. The van der Waals surface area contributed by atoms with E-state index in [1.807, 2.05) is 32.9 Å². The number of rotatable bonds is 2. The van der Waals surface area contributed by atoms with Gasteiger partial charge < -0.3 is 14.2 Å². The van der Waals surface area contributed by atoms with E-state index in [-0.39, 0.29) is 17.4 Å². The zero-order valence-electron chi connectivity index (χ0n) is 16.8. The lowest BCUT2D eigenvalue weighted by molar-refractivity contribution is 0.0516. The Morgan fingerprint density at radius 2 is 1.45 bits per heavy atom. The molecule has 1 saturated heterocycles. The van der Waals surface area contributed by atoms with Gasteiger partial charge in [-0.15, -0.1) is 0 Å². The highest BCUT2D eigenvalue weighted by Gasteiger charge is 2.29. The van der Waals surface area contributed by atoms with Gasteiger partial charge in [-0.3, -0.25) is 9.59 Å². The van der Waals surface area contributed by atoms with Crippen molar-refractivity contribution in [3.8, 4) is 0 Å².